The number of benzene rings is 2. The van der Waals surface area contributed by atoms with Crippen molar-refractivity contribution in [3.63, 3.8) is 0 Å². The third-order valence-corrected chi connectivity index (χ3v) is 5.27. The number of carbonyl (C=O) groups excluding carboxylic acids is 3. The number of nitrogens with zero attached hydrogens (tertiary/aromatic N) is 1. The van der Waals surface area contributed by atoms with Crippen LogP contribution in [0.5, 0.6) is 0 Å². The number of imide groups is 1. The van der Waals surface area contributed by atoms with Crippen LogP contribution in [0, 0.1) is 5.82 Å². The second-order valence-corrected chi connectivity index (χ2v) is 7.12. The average Bonchev–Trinajstić information content (AvgIpc) is 3.27. The van der Waals surface area contributed by atoms with E-state index >= 15 is 0 Å². The molecular weight excluding hydrogens is 379 g/mol. The largest absolute Gasteiger partial charge is 0.280 e. The van der Waals surface area contributed by atoms with Gasteiger partial charge in [0.1, 0.15) is 5.82 Å². The van der Waals surface area contributed by atoms with E-state index in [1.807, 2.05) is 12.1 Å². The molecule has 138 valence electrons. The molecule has 0 aliphatic carbocycles. The van der Waals surface area contributed by atoms with Gasteiger partial charge in [-0.3, -0.25) is 19.8 Å². The van der Waals surface area contributed by atoms with Crippen LogP contribution in [0.2, 0.25) is 0 Å². The maximum atomic E-state index is 13.0. The van der Waals surface area contributed by atoms with E-state index in [0.29, 0.717) is 0 Å². The smallest absolute Gasteiger partial charge is 0.268 e. The SMILES string of the molecule is O=C(/C=C/c1ccc(-c2ccc(F)cc2)s1)NN1C(=O)c2ccccc2C1=O. The van der Waals surface area contributed by atoms with Crippen LogP contribution in [-0.4, -0.2) is 22.7 Å². The molecule has 3 amide bonds. The van der Waals surface area contributed by atoms with Gasteiger partial charge in [0.2, 0.25) is 0 Å². The van der Waals surface area contributed by atoms with E-state index in [-0.39, 0.29) is 16.9 Å². The van der Waals surface area contributed by atoms with Gasteiger partial charge < -0.3 is 0 Å². The molecule has 7 heteroatoms. The second kappa shape index (κ2) is 7.21. The summed E-state index contributed by atoms with van der Waals surface area (Å²) < 4.78 is 13.0. The van der Waals surface area contributed by atoms with E-state index in [2.05, 4.69) is 5.43 Å². The van der Waals surface area contributed by atoms with Gasteiger partial charge in [-0.2, -0.15) is 5.01 Å². The number of rotatable bonds is 4. The lowest BCUT2D eigenvalue weighted by atomic mass is 10.1. The lowest BCUT2D eigenvalue weighted by Crippen LogP contribution is -2.45. The van der Waals surface area contributed by atoms with E-state index < -0.39 is 17.7 Å². The molecular formula is C21H13FN2O3S. The van der Waals surface area contributed by atoms with Crippen LogP contribution in [0.25, 0.3) is 16.5 Å². The summed E-state index contributed by atoms with van der Waals surface area (Å²) in [4.78, 5) is 38.4. The Hall–Kier alpha value is -3.58. The molecule has 0 saturated carbocycles. The third kappa shape index (κ3) is 3.35. The molecule has 5 nitrogen and oxygen atoms in total. The molecule has 2 heterocycles. The van der Waals surface area contributed by atoms with Gasteiger partial charge in [-0.1, -0.05) is 24.3 Å². The number of amides is 3. The molecule has 2 aromatic carbocycles. The normalized spacial score (nSPS) is 13.2. The molecule has 1 aromatic heterocycles. The van der Waals surface area contributed by atoms with E-state index in [1.165, 1.54) is 29.5 Å². The second-order valence-electron chi connectivity index (χ2n) is 6.01. The van der Waals surface area contributed by atoms with Crippen molar-refractivity contribution in [3.05, 3.63) is 88.6 Å². The first-order chi connectivity index (χ1) is 13.5. The standard InChI is InChI=1S/C21H13FN2O3S/c22-14-7-5-13(6-8-14)18-11-9-15(28-18)10-12-19(25)23-24-20(26)16-3-1-2-4-17(16)21(24)27/h1-12H,(H,23,25)/b12-10+. The molecule has 0 atom stereocenters. The van der Waals surface area contributed by atoms with Crippen LogP contribution >= 0.6 is 11.3 Å². The minimum atomic E-state index is -0.591. The third-order valence-electron chi connectivity index (χ3n) is 4.17. The average molecular weight is 392 g/mol. The summed E-state index contributed by atoms with van der Waals surface area (Å²) >= 11 is 1.43. The predicted octanol–water partition coefficient (Wildman–Crippen LogP) is 3.89. The monoisotopic (exact) mass is 392 g/mol. The number of hydrogen-bond donors (Lipinski definition) is 1. The molecule has 0 unspecified atom stereocenters. The van der Waals surface area contributed by atoms with Gasteiger partial charge in [-0.15, -0.1) is 11.3 Å². The van der Waals surface area contributed by atoms with Gasteiger partial charge >= 0.3 is 0 Å². The number of nitrogens with one attached hydrogen (secondary N) is 1. The molecule has 0 bridgehead atoms. The maximum absolute atomic E-state index is 13.0. The summed E-state index contributed by atoms with van der Waals surface area (Å²) in [5.41, 5.74) is 3.71. The van der Waals surface area contributed by atoms with Crippen molar-refractivity contribution in [2.45, 2.75) is 0 Å². The molecule has 0 radical (unpaired) electrons. The lowest BCUT2D eigenvalue weighted by molar-refractivity contribution is -0.119. The fraction of sp³-hybridized carbons (Fsp3) is 0. The number of carbonyl (C=O) groups is 3. The number of fused-ring (bicyclic) bond motifs is 1. The predicted molar refractivity (Wildman–Crippen MR) is 104 cm³/mol. The van der Waals surface area contributed by atoms with Crippen molar-refractivity contribution >= 4 is 35.1 Å². The molecule has 1 aliphatic rings. The molecule has 3 aromatic rings. The molecule has 1 N–H and O–H groups in total. The Morgan fingerprint density at radius 1 is 0.929 bits per heavy atom. The Morgan fingerprint density at radius 2 is 1.57 bits per heavy atom. The summed E-state index contributed by atoms with van der Waals surface area (Å²) in [5, 5.41) is 0.718. The van der Waals surface area contributed by atoms with E-state index in [9.17, 15) is 18.8 Å². The van der Waals surface area contributed by atoms with Gasteiger partial charge in [0, 0.05) is 15.8 Å². The van der Waals surface area contributed by atoms with Crippen LogP contribution in [0.4, 0.5) is 4.39 Å². The Balaban J connectivity index is 1.43. The highest BCUT2D eigenvalue weighted by molar-refractivity contribution is 7.16. The first-order valence-electron chi connectivity index (χ1n) is 8.35. The van der Waals surface area contributed by atoms with Gasteiger partial charge in [-0.05, 0) is 48.0 Å². The van der Waals surface area contributed by atoms with Crippen LogP contribution < -0.4 is 5.43 Å². The Bertz CT molecular complexity index is 1080. The summed E-state index contributed by atoms with van der Waals surface area (Å²) in [6.07, 6.45) is 2.84. The number of halogens is 1. The van der Waals surface area contributed by atoms with Crippen molar-refractivity contribution in [2.75, 3.05) is 0 Å². The highest BCUT2D eigenvalue weighted by Crippen LogP contribution is 2.29. The molecule has 4 rings (SSSR count). The van der Waals surface area contributed by atoms with E-state index in [1.54, 1.807) is 42.5 Å². The lowest BCUT2D eigenvalue weighted by Gasteiger charge is -2.13. The van der Waals surface area contributed by atoms with Gasteiger partial charge in [0.25, 0.3) is 17.7 Å². The number of hydrogen-bond acceptors (Lipinski definition) is 4. The Kier molecular flexibility index (Phi) is 4.58. The van der Waals surface area contributed by atoms with Gasteiger partial charge in [-0.25, -0.2) is 4.39 Å². The van der Waals surface area contributed by atoms with Crippen LogP contribution in [0.1, 0.15) is 25.6 Å². The molecule has 28 heavy (non-hydrogen) atoms. The fourth-order valence-corrected chi connectivity index (χ4v) is 3.72. The first-order valence-corrected chi connectivity index (χ1v) is 9.17. The highest BCUT2D eigenvalue weighted by atomic mass is 32.1. The van der Waals surface area contributed by atoms with E-state index in [0.717, 1.165) is 20.3 Å². The van der Waals surface area contributed by atoms with Crippen molar-refractivity contribution < 1.29 is 18.8 Å². The zero-order valence-corrected chi connectivity index (χ0v) is 15.2. The fourth-order valence-electron chi connectivity index (χ4n) is 2.81. The zero-order valence-electron chi connectivity index (χ0n) is 14.4. The van der Waals surface area contributed by atoms with Crippen molar-refractivity contribution in [1.29, 1.82) is 0 Å². The van der Waals surface area contributed by atoms with Crippen LogP contribution in [-0.2, 0) is 4.79 Å². The van der Waals surface area contributed by atoms with Gasteiger partial charge in [0.15, 0.2) is 0 Å². The quantitative estimate of drug-likeness (QED) is 0.541. The summed E-state index contributed by atoms with van der Waals surface area (Å²) in [6.45, 7) is 0. The molecule has 1 aliphatic heterocycles. The van der Waals surface area contributed by atoms with Crippen molar-refractivity contribution in [3.8, 4) is 10.4 Å². The molecule has 0 fully saturated rings. The number of hydrazine groups is 1. The van der Waals surface area contributed by atoms with Crippen molar-refractivity contribution in [1.82, 2.24) is 10.4 Å². The van der Waals surface area contributed by atoms with Crippen molar-refractivity contribution in [2.24, 2.45) is 0 Å². The maximum Gasteiger partial charge on any atom is 0.280 e. The Labute approximate surface area is 163 Å². The van der Waals surface area contributed by atoms with Crippen LogP contribution in [0.3, 0.4) is 0 Å². The zero-order chi connectivity index (χ0) is 19.7. The molecule has 0 saturated heterocycles. The Morgan fingerprint density at radius 3 is 2.21 bits per heavy atom. The van der Waals surface area contributed by atoms with E-state index in [4.69, 9.17) is 0 Å². The van der Waals surface area contributed by atoms with Crippen LogP contribution in [0.15, 0.2) is 66.7 Å². The highest BCUT2D eigenvalue weighted by Gasteiger charge is 2.36. The summed E-state index contributed by atoms with van der Waals surface area (Å²) in [7, 11) is 0. The number of thiophene rings is 1. The molecule has 0 spiro atoms. The van der Waals surface area contributed by atoms with Gasteiger partial charge in [0.05, 0.1) is 11.1 Å². The minimum absolute atomic E-state index is 0.263. The summed E-state index contributed by atoms with van der Waals surface area (Å²) in [5.74, 6) is -2.01. The minimum Gasteiger partial charge on any atom is -0.268 e. The summed E-state index contributed by atoms with van der Waals surface area (Å²) in [6, 6.07) is 16.2. The topological polar surface area (TPSA) is 66.5 Å². The first kappa shape index (κ1) is 17.8.